The molecule has 0 atom stereocenters. The Kier molecular flexibility index (Phi) is 7.46. The van der Waals surface area contributed by atoms with E-state index in [2.05, 4.69) is 158 Å². The molecule has 0 N–H and O–H groups in total. The van der Waals surface area contributed by atoms with Gasteiger partial charge in [-0.2, -0.15) is 0 Å². The van der Waals surface area contributed by atoms with Crippen molar-refractivity contribution in [3.63, 3.8) is 0 Å². The molecule has 0 aliphatic heterocycles. The van der Waals surface area contributed by atoms with Crippen LogP contribution in [0.4, 0.5) is 0 Å². The highest BCUT2D eigenvalue weighted by Gasteiger charge is 2.16. The first-order valence-corrected chi connectivity index (χ1v) is 18.9. The van der Waals surface area contributed by atoms with Gasteiger partial charge in [0.25, 0.3) is 0 Å². The summed E-state index contributed by atoms with van der Waals surface area (Å²) in [6.07, 6.45) is 1.90. The average molecular weight is 713 g/mol. The smallest absolute Gasteiger partial charge is 0.164 e. The van der Waals surface area contributed by atoms with Gasteiger partial charge in [0, 0.05) is 33.8 Å². The van der Waals surface area contributed by atoms with E-state index in [0.717, 1.165) is 44.3 Å². The zero-order chi connectivity index (χ0) is 37.0. The fourth-order valence-electron chi connectivity index (χ4n) is 8.13. The normalized spacial score (nSPS) is 11.6. The number of nitrogens with zero attached hydrogens (tertiary/aromatic N) is 4. The SMILES string of the molecule is c1ccc(-c2nc(-c3ccc(-c4ccc5ccc6ccccc6c5c4)cc3)nc(-c3cccc(-c4nccc5ccc6c7ccccc7ccc6c45)c3)n2)cc1. The zero-order valence-corrected chi connectivity index (χ0v) is 30.3. The molecule has 11 aromatic rings. The topological polar surface area (TPSA) is 51.6 Å². The van der Waals surface area contributed by atoms with Gasteiger partial charge in [-0.15, -0.1) is 0 Å². The summed E-state index contributed by atoms with van der Waals surface area (Å²) in [4.78, 5) is 20.2. The van der Waals surface area contributed by atoms with Crippen molar-refractivity contribution in [2.24, 2.45) is 0 Å². The fourth-order valence-corrected chi connectivity index (χ4v) is 8.13. The molecule has 0 saturated heterocycles. The molecule has 11 rings (SSSR count). The maximum absolute atomic E-state index is 5.12. The third kappa shape index (κ3) is 5.47. The van der Waals surface area contributed by atoms with Crippen LogP contribution in [0.1, 0.15) is 0 Å². The molecule has 9 aromatic carbocycles. The van der Waals surface area contributed by atoms with Crippen molar-refractivity contribution < 1.29 is 0 Å². The van der Waals surface area contributed by atoms with E-state index in [-0.39, 0.29) is 0 Å². The van der Waals surface area contributed by atoms with Crippen molar-refractivity contribution in [1.82, 2.24) is 19.9 Å². The maximum atomic E-state index is 5.12. The monoisotopic (exact) mass is 712 g/mol. The number of aromatic nitrogens is 4. The van der Waals surface area contributed by atoms with Crippen molar-refractivity contribution in [3.05, 3.63) is 194 Å². The Labute approximate surface area is 323 Å². The lowest BCUT2D eigenvalue weighted by molar-refractivity contribution is 1.07. The van der Waals surface area contributed by atoms with Crippen molar-refractivity contribution in [2.75, 3.05) is 0 Å². The number of rotatable bonds is 5. The summed E-state index contributed by atoms with van der Waals surface area (Å²) in [5.74, 6) is 1.86. The van der Waals surface area contributed by atoms with E-state index in [9.17, 15) is 0 Å². The van der Waals surface area contributed by atoms with Gasteiger partial charge in [-0.3, -0.25) is 4.98 Å². The van der Waals surface area contributed by atoms with Gasteiger partial charge in [0.2, 0.25) is 0 Å². The van der Waals surface area contributed by atoms with Crippen LogP contribution in [-0.2, 0) is 0 Å². The third-order valence-electron chi connectivity index (χ3n) is 10.9. The van der Waals surface area contributed by atoms with Crippen LogP contribution in [0.2, 0.25) is 0 Å². The molecule has 0 saturated carbocycles. The van der Waals surface area contributed by atoms with E-state index in [1.807, 2.05) is 36.5 Å². The van der Waals surface area contributed by atoms with E-state index in [1.165, 1.54) is 48.7 Å². The van der Waals surface area contributed by atoms with Gasteiger partial charge < -0.3 is 0 Å². The predicted octanol–water partition coefficient (Wildman–Crippen LogP) is 13.4. The molecule has 4 nitrogen and oxygen atoms in total. The van der Waals surface area contributed by atoms with Crippen LogP contribution < -0.4 is 0 Å². The fraction of sp³-hybridized carbons (Fsp3) is 0. The number of fused-ring (bicyclic) bond motifs is 8. The van der Waals surface area contributed by atoms with E-state index in [1.54, 1.807) is 0 Å². The summed E-state index contributed by atoms with van der Waals surface area (Å²) in [6.45, 7) is 0. The number of benzene rings is 9. The molecule has 0 fully saturated rings. The van der Waals surface area contributed by atoms with Crippen LogP contribution in [0.3, 0.4) is 0 Å². The predicted molar refractivity (Wildman–Crippen MR) is 232 cm³/mol. The molecule has 0 radical (unpaired) electrons. The summed E-state index contributed by atoms with van der Waals surface area (Å²) < 4.78 is 0. The Morgan fingerprint density at radius 3 is 1.55 bits per heavy atom. The second-order valence-electron chi connectivity index (χ2n) is 14.3. The standard InChI is InChI=1S/C52H32N4/c1-2-11-38(12-3-1)50-54-51(39-22-17-33(18-23-39)40-24-21-36-20-19-34-9-5-7-16-44(34)47(36)32-40)56-52(55-50)42-14-8-13-41(31-42)49-48-37(29-30-53-49)26-27-45-43-15-6-4-10-35(43)25-28-46(45)48/h1-32H. The molecule has 2 aromatic heterocycles. The number of pyridine rings is 1. The van der Waals surface area contributed by atoms with E-state index in [0.29, 0.717) is 17.5 Å². The highest BCUT2D eigenvalue weighted by atomic mass is 15.0. The number of hydrogen-bond donors (Lipinski definition) is 0. The summed E-state index contributed by atoms with van der Waals surface area (Å²) in [7, 11) is 0. The lowest BCUT2D eigenvalue weighted by atomic mass is 9.94. The van der Waals surface area contributed by atoms with Crippen LogP contribution in [0.15, 0.2) is 194 Å². The Bertz CT molecular complexity index is 3300. The van der Waals surface area contributed by atoms with Gasteiger partial charge in [-0.1, -0.05) is 170 Å². The molecule has 0 amide bonds. The van der Waals surface area contributed by atoms with Crippen LogP contribution >= 0.6 is 0 Å². The second-order valence-corrected chi connectivity index (χ2v) is 14.3. The molecule has 0 aliphatic rings. The third-order valence-corrected chi connectivity index (χ3v) is 10.9. The minimum Gasteiger partial charge on any atom is -0.256 e. The summed E-state index contributed by atoms with van der Waals surface area (Å²) >= 11 is 0. The second kappa shape index (κ2) is 13.1. The molecule has 0 spiro atoms. The molecule has 0 bridgehead atoms. The van der Waals surface area contributed by atoms with E-state index < -0.39 is 0 Å². The molecular weight excluding hydrogens is 681 g/mol. The van der Waals surface area contributed by atoms with Gasteiger partial charge >= 0.3 is 0 Å². The van der Waals surface area contributed by atoms with E-state index >= 15 is 0 Å². The van der Waals surface area contributed by atoms with Crippen molar-refractivity contribution in [1.29, 1.82) is 0 Å². The van der Waals surface area contributed by atoms with Crippen molar-refractivity contribution >= 4 is 53.9 Å². The first-order valence-electron chi connectivity index (χ1n) is 18.9. The van der Waals surface area contributed by atoms with Crippen LogP contribution in [0, 0.1) is 0 Å². The summed E-state index contributed by atoms with van der Waals surface area (Å²) in [5.41, 5.74) is 6.99. The minimum atomic E-state index is 0.609. The first kappa shape index (κ1) is 31.9. The Balaban J connectivity index is 1.02. The molecule has 260 valence electrons. The van der Waals surface area contributed by atoms with E-state index in [4.69, 9.17) is 19.9 Å². The number of hydrogen-bond acceptors (Lipinski definition) is 4. The molecule has 0 unspecified atom stereocenters. The highest BCUT2D eigenvalue weighted by molar-refractivity contribution is 6.20. The molecule has 4 heteroatoms. The van der Waals surface area contributed by atoms with Gasteiger partial charge in [-0.05, 0) is 77.8 Å². The van der Waals surface area contributed by atoms with Crippen LogP contribution in [0.5, 0.6) is 0 Å². The van der Waals surface area contributed by atoms with Crippen LogP contribution in [0.25, 0.3) is 110 Å². The quantitative estimate of drug-likeness (QED) is 0.167. The van der Waals surface area contributed by atoms with Gasteiger partial charge in [-0.25, -0.2) is 15.0 Å². The van der Waals surface area contributed by atoms with Gasteiger partial charge in [0.05, 0.1) is 5.69 Å². The molecular formula is C52H32N4. The van der Waals surface area contributed by atoms with Gasteiger partial charge in [0.1, 0.15) is 0 Å². The molecule has 0 aliphatic carbocycles. The lowest BCUT2D eigenvalue weighted by Crippen LogP contribution is -2.00. The molecule has 2 heterocycles. The summed E-state index contributed by atoms with van der Waals surface area (Å²) in [5, 5.41) is 12.1. The Morgan fingerprint density at radius 1 is 0.268 bits per heavy atom. The van der Waals surface area contributed by atoms with Crippen molar-refractivity contribution in [3.8, 4) is 56.5 Å². The lowest BCUT2D eigenvalue weighted by Gasteiger charge is -2.13. The minimum absolute atomic E-state index is 0.609. The zero-order valence-electron chi connectivity index (χ0n) is 30.3. The molecule has 56 heavy (non-hydrogen) atoms. The first-order chi connectivity index (χ1) is 27.7. The largest absolute Gasteiger partial charge is 0.256 e. The summed E-state index contributed by atoms with van der Waals surface area (Å²) in [6, 6.07) is 66.3. The maximum Gasteiger partial charge on any atom is 0.164 e. The average Bonchev–Trinajstić information content (AvgIpc) is 3.28. The van der Waals surface area contributed by atoms with Gasteiger partial charge in [0.15, 0.2) is 17.5 Å². The van der Waals surface area contributed by atoms with Crippen molar-refractivity contribution in [2.45, 2.75) is 0 Å². The Morgan fingerprint density at radius 2 is 0.786 bits per heavy atom. The highest BCUT2D eigenvalue weighted by Crippen LogP contribution is 2.38. The Hall–Kier alpha value is -7.56. The van der Waals surface area contributed by atoms with Crippen LogP contribution in [-0.4, -0.2) is 19.9 Å².